The van der Waals surface area contributed by atoms with Crippen LogP contribution in [0.2, 0.25) is 0 Å². The minimum atomic E-state index is -4.87. The monoisotopic (exact) mass is 462 g/mol. The Labute approximate surface area is 186 Å². The number of allylic oxidation sites excluding steroid dienone is 1. The number of esters is 1. The molecule has 1 aliphatic heterocycles. The maximum atomic E-state index is 13.5. The van der Waals surface area contributed by atoms with Crippen LogP contribution in [0.4, 0.5) is 18.0 Å². The van der Waals surface area contributed by atoms with Gasteiger partial charge in [-0.1, -0.05) is 30.3 Å². The molecular weight excluding hydrogens is 441 g/mol. The summed E-state index contributed by atoms with van der Waals surface area (Å²) in [6.45, 7) is 1.11. The van der Waals surface area contributed by atoms with E-state index in [1.165, 1.54) is 0 Å². The third kappa shape index (κ3) is 4.76. The van der Waals surface area contributed by atoms with Crippen LogP contribution in [-0.2, 0) is 22.3 Å². The normalized spacial score (nSPS) is 18.5. The van der Waals surface area contributed by atoms with Gasteiger partial charge in [-0.2, -0.15) is 18.3 Å². The molecule has 0 saturated heterocycles. The molecule has 0 radical (unpaired) electrons. The third-order valence-electron chi connectivity index (χ3n) is 5.38. The Morgan fingerprint density at radius 1 is 1.21 bits per heavy atom. The van der Waals surface area contributed by atoms with Crippen molar-refractivity contribution in [3.05, 3.63) is 74.8 Å². The molecule has 174 valence electrons. The number of carbonyl (C=O) groups excluding carboxylic acids is 2. The molecular formula is C22H21F3N4O4. The van der Waals surface area contributed by atoms with Crippen LogP contribution in [0.3, 0.4) is 0 Å². The largest absolute Gasteiger partial charge is 0.463 e. The molecule has 1 unspecified atom stereocenters. The van der Waals surface area contributed by atoms with E-state index in [1.807, 2.05) is 0 Å². The van der Waals surface area contributed by atoms with Gasteiger partial charge in [0.05, 0.1) is 36.2 Å². The molecule has 4 rings (SSSR count). The van der Waals surface area contributed by atoms with Crippen LogP contribution in [0.25, 0.3) is 0 Å². The Morgan fingerprint density at radius 2 is 1.91 bits per heavy atom. The highest BCUT2D eigenvalue weighted by Gasteiger charge is 2.39. The number of rotatable bonds is 6. The van der Waals surface area contributed by atoms with Gasteiger partial charge in [0.15, 0.2) is 0 Å². The SMILES string of the molecule is CCOC(=O)C1=C(Cn2nc(C3CC3)cc(C(F)(F)F)c2=O)NC(=O)NC1c1ccccc1. The van der Waals surface area contributed by atoms with Crippen LogP contribution in [-0.4, -0.2) is 28.4 Å². The molecule has 1 aromatic heterocycles. The average Bonchev–Trinajstić information content (AvgIpc) is 3.60. The maximum Gasteiger partial charge on any atom is 0.421 e. The van der Waals surface area contributed by atoms with Crippen molar-refractivity contribution < 1.29 is 27.5 Å². The summed E-state index contributed by atoms with van der Waals surface area (Å²) < 4.78 is 46.3. The van der Waals surface area contributed by atoms with Crippen LogP contribution in [0.5, 0.6) is 0 Å². The Kier molecular flexibility index (Phi) is 5.96. The lowest BCUT2D eigenvalue weighted by molar-refractivity contribution is -0.140. The van der Waals surface area contributed by atoms with Crippen LogP contribution >= 0.6 is 0 Å². The molecule has 2 aromatic rings. The molecule has 2 amide bonds. The predicted octanol–water partition coefficient (Wildman–Crippen LogP) is 3.01. The van der Waals surface area contributed by atoms with E-state index < -0.39 is 41.9 Å². The van der Waals surface area contributed by atoms with Crippen molar-refractivity contribution in [1.29, 1.82) is 0 Å². The lowest BCUT2D eigenvalue weighted by Crippen LogP contribution is -2.47. The fourth-order valence-electron chi connectivity index (χ4n) is 3.69. The molecule has 33 heavy (non-hydrogen) atoms. The zero-order valence-electron chi connectivity index (χ0n) is 17.6. The number of nitrogens with zero attached hydrogens (tertiary/aromatic N) is 2. The minimum Gasteiger partial charge on any atom is -0.463 e. The van der Waals surface area contributed by atoms with E-state index in [0.717, 1.165) is 6.07 Å². The van der Waals surface area contributed by atoms with E-state index in [-0.39, 0.29) is 29.5 Å². The molecule has 1 atom stereocenters. The van der Waals surface area contributed by atoms with Crippen LogP contribution in [0.1, 0.15) is 48.5 Å². The van der Waals surface area contributed by atoms with Crippen LogP contribution in [0, 0.1) is 0 Å². The van der Waals surface area contributed by atoms with E-state index in [4.69, 9.17) is 4.74 Å². The van der Waals surface area contributed by atoms with Gasteiger partial charge in [0.2, 0.25) is 0 Å². The predicted molar refractivity (Wildman–Crippen MR) is 110 cm³/mol. The number of aromatic nitrogens is 2. The second-order valence-corrected chi connectivity index (χ2v) is 7.77. The molecule has 1 fully saturated rings. The molecule has 2 N–H and O–H groups in total. The first-order chi connectivity index (χ1) is 15.7. The van der Waals surface area contributed by atoms with E-state index >= 15 is 0 Å². The van der Waals surface area contributed by atoms with Gasteiger partial charge in [-0.3, -0.25) is 4.79 Å². The van der Waals surface area contributed by atoms with Gasteiger partial charge in [0.25, 0.3) is 5.56 Å². The number of ether oxygens (including phenoxy) is 1. The molecule has 0 spiro atoms. The molecule has 8 nitrogen and oxygen atoms in total. The third-order valence-corrected chi connectivity index (χ3v) is 5.38. The summed E-state index contributed by atoms with van der Waals surface area (Å²) >= 11 is 0. The summed E-state index contributed by atoms with van der Waals surface area (Å²) in [6, 6.07) is 7.75. The van der Waals surface area contributed by atoms with Gasteiger partial charge in [-0.05, 0) is 31.4 Å². The molecule has 1 aliphatic carbocycles. The summed E-state index contributed by atoms with van der Waals surface area (Å²) in [6.07, 6.45) is -3.51. The molecule has 2 aliphatic rings. The van der Waals surface area contributed by atoms with Crippen molar-refractivity contribution >= 4 is 12.0 Å². The van der Waals surface area contributed by atoms with Crippen molar-refractivity contribution in [1.82, 2.24) is 20.4 Å². The lowest BCUT2D eigenvalue weighted by atomic mass is 9.95. The lowest BCUT2D eigenvalue weighted by Gasteiger charge is -2.29. The molecule has 11 heteroatoms. The Morgan fingerprint density at radius 3 is 2.52 bits per heavy atom. The van der Waals surface area contributed by atoms with E-state index in [2.05, 4.69) is 15.7 Å². The highest BCUT2D eigenvalue weighted by molar-refractivity contribution is 5.95. The standard InChI is InChI=1S/C22H21F3N4O4/c1-2-33-20(31)17-16(26-21(32)27-18(17)13-6-4-3-5-7-13)11-29-19(30)14(22(23,24)25)10-15(28-29)12-8-9-12/h3-7,10,12,18H,2,8-9,11H2,1H3,(H2,26,27,32). The number of urea groups is 1. The van der Waals surface area contributed by atoms with Crippen LogP contribution < -0.4 is 16.2 Å². The van der Waals surface area contributed by atoms with E-state index in [9.17, 15) is 27.6 Å². The number of amides is 2. The maximum absolute atomic E-state index is 13.5. The highest BCUT2D eigenvalue weighted by Crippen LogP contribution is 2.40. The topological polar surface area (TPSA) is 102 Å². The zero-order chi connectivity index (χ0) is 23.8. The second kappa shape index (κ2) is 8.72. The first kappa shape index (κ1) is 22.6. The minimum absolute atomic E-state index is 0.0123. The van der Waals surface area contributed by atoms with Gasteiger partial charge in [0.1, 0.15) is 5.56 Å². The van der Waals surface area contributed by atoms with Crippen molar-refractivity contribution in [2.45, 2.75) is 44.4 Å². The first-order valence-electron chi connectivity index (χ1n) is 10.4. The number of halogens is 3. The Bertz CT molecular complexity index is 1170. The van der Waals surface area contributed by atoms with Crippen molar-refractivity contribution in [3.63, 3.8) is 0 Å². The van der Waals surface area contributed by atoms with Gasteiger partial charge in [0, 0.05) is 5.92 Å². The molecule has 1 aromatic carbocycles. The highest BCUT2D eigenvalue weighted by atomic mass is 19.4. The summed E-state index contributed by atoms with van der Waals surface area (Å²) in [4.78, 5) is 37.8. The van der Waals surface area contributed by atoms with Gasteiger partial charge >= 0.3 is 18.2 Å². The summed E-state index contributed by atoms with van der Waals surface area (Å²) in [5.74, 6) is -0.924. The van der Waals surface area contributed by atoms with Crippen LogP contribution in [0.15, 0.2) is 52.5 Å². The Hall–Kier alpha value is -3.63. The number of hydrogen-bond acceptors (Lipinski definition) is 5. The fraction of sp³-hybridized carbons (Fsp3) is 0.364. The van der Waals surface area contributed by atoms with E-state index in [1.54, 1.807) is 37.3 Å². The molecule has 1 saturated carbocycles. The second-order valence-electron chi connectivity index (χ2n) is 7.77. The Balaban J connectivity index is 1.84. The smallest absolute Gasteiger partial charge is 0.421 e. The fourth-order valence-corrected chi connectivity index (χ4v) is 3.69. The summed E-state index contributed by atoms with van der Waals surface area (Å²) in [5, 5.41) is 9.19. The number of nitrogens with one attached hydrogen (secondary N) is 2. The number of benzene rings is 1. The van der Waals surface area contributed by atoms with Crippen molar-refractivity contribution in [2.75, 3.05) is 6.61 Å². The number of hydrogen-bond donors (Lipinski definition) is 2. The molecule has 2 heterocycles. The summed E-state index contributed by atoms with van der Waals surface area (Å²) in [5.41, 5.74) is -2.04. The van der Waals surface area contributed by atoms with E-state index in [0.29, 0.717) is 23.1 Å². The molecule has 0 bridgehead atoms. The van der Waals surface area contributed by atoms with Crippen molar-refractivity contribution in [3.8, 4) is 0 Å². The van der Waals surface area contributed by atoms with Gasteiger partial charge in [-0.15, -0.1) is 0 Å². The first-order valence-corrected chi connectivity index (χ1v) is 10.4. The average molecular weight is 462 g/mol. The quantitative estimate of drug-likeness (QED) is 0.643. The van der Waals surface area contributed by atoms with Crippen molar-refractivity contribution in [2.24, 2.45) is 0 Å². The van der Waals surface area contributed by atoms with Gasteiger partial charge < -0.3 is 15.4 Å². The zero-order valence-corrected chi connectivity index (χ0v) is 17.6. The number of carbonyl (C=O) groups is 2. The van der Waals surface area contributed by atoms with Gasteiger partial charge in [-0.25, -0.2) is 14.3 Å². The summed E-state index contributed by atoms with van der Waals surface area (Å²) in [7, 11) is 0. The number of alkyl halides is 3.